The van der Waals surface area contributed by atoms with Crippen LogP contribution in [0.5, 0.6) is 11.6 Å². The molecule has 1 amide bonds. The highest BCUT2D eigenvalue weighted by atomic mass is 35.5. The Morgan fingerprint density at radius 2 is 1.91 bits per heavy atom. The molecule has 0 saturated heterocycles. The average molecular weight is 331 g/mol. The molecule has 3 rings (SSSR count). The van der Waals surface area contributed by atoms with Crippen molar-refractivity contribution in [1.82, 2.24) is 15.0 Å². The molecule has 8 heteroatoms. The normalized spacial score (nSPS) is 10.5. The van der Waals surface area contributed by atoms with Gasteiger partial charge in [-0.15, -0.1) is 0 Å². The molecule has 0 bridgehead atoms. The van der Waals surface area contributed by atoms with Gasteiger partial charge in [0.2, 0.25) is 11.2 Å². The van der Waals surface area contributed by atoms with Gasteiger partial charge in [0.05, 0.1) is 5.69 Å². The third-order valence-electron chi connectivity index (χ3n) is 3.11. The molecule has 23 heavy (non-hydrogen) atoms. The Balaban J connectivity index is 1.94. The minimum Gasteiger partial charge on any atom is -0.505 e. The number of hydrogen-bond donors (Lipinski definition) is 4. The predicted octanol–water partition coefficient (Wildman–Crippen LogP) is 2.79. The smallest absolute Gasteiger partial charge is 0.266 e. The summed E-state index contributed by atoms with van der Waals surface area (Å²) in [5.41, 5.74) is 0.594. The van der Waals surface area contributed by atoms with E-state index in [1.165, 1.54) is 12.3 Å². The molecule has 2 aromatic heterocycles. The number of aromatic nitrogens is 3. The van der Waals surface area contributed by atoms with E-state index in [2.05, 4.69) is 20.3 Å². The molecule has 0 atom stereocenters. The van der Waals surface area contributed by atoms with E-state index in [9.17, 15) is 15.0 Å². The van der Waals surface area contributed by atoms with Gasteiger partial charge in [-0.3, -0.25) is 4.79 Å². The van der Waals surface area contributed by atoms with Crippen molar-refractivity contribution in [3.05, 3.63) is 53.4 Å². The lowest BCUT2D eigenvalue weighted by Gasteiger charge is -2.04. The van der Waals surface area contributed by atoms with Crippen LogP contribution in [-0.4, -0.2) is 31.1 Å². The number of halogens is 1. The van der Waals surface area contributed by atoms with E-state index in [1.807, 2.05) is 6.07 Å². The molecule has 0 aliphatic heterocycles. The summed E-state index contributed by atoms with van der Waals surface area (Å²) >= 11 is 5.64. The first-order chi connectivity index (χ1) is 11.1. The van der Waals surface area contributed by atoms with Gasteiger partial charge in [-0.1, -0.05) is 30.3 Å². The zero-order chi connectivity index (χ0) is 16.4. The molecule has 0 fully saturated rings. The van der Waals surface area contributed by atoms with Crippen LogP contribution in [0.1, 0.15) is 10.4 Å². The summed E-state index contributed by atoms with van der Waals surface area (Å²) in [5.74, 6) is -1.38. The Bertz CT molecular complexity index is 864. The van der Waals surface area contributed by atoms with Gasteiger partial charge in [0.15, 0.2) is 5.75 Å². The quantitative estimate of drug-likeness (QED) is 0.552. The first kappa shape index (κ1) is 14.9. The van der Waals surface area contributed by atoms with Gasteiger partial charge in [0.1, 0.15) is 11.4 Å². The molecule has 0 radical (unpaired) electrons. The number of hydrogen-bond acceptors (Lipinski definition) is 5. The first-order valence-electron chi connectivity index (χ1n) is 6.55. The molecule has 0 aliphatic carbocycles. The molecule has 4 N–H and O–H groups in total. The largest absolute Gasteiger partial charge is 0.505 e. The van der Waals surface area contributed by atoms with Crippen LogP contribution in [0, 0.1) is 0 Å². The highest BCUT2D eigenvalue weighted by Gasteiger charge is 2.24. The minimum absolute atomic E-state index is 0.0321. The van der Waals surface area contributed by atoms with Crippen molar-refractivity contribution in [1.29, 1.82) is 0 Å². The standard InChI is InChI=1S/C15H11ClN4O3/c16-15-17-7-6-9(19-15)18-13(22)10-12(21)11(20-14(10)23)8-4-2-1-3-5-8/h1-7,20-21,23H,(H,17,18,19,22). The molecule has 0 aliphatic rings. The summed E-state index contributed by atoms with van der Waals surface area (Å²) in [6, 6.07) is 10.3. The number of H-pyrrole nitrogens is 1. The summed E-state index contributed by atoms with van der Waals surface area (Å²) in [7, 11) is 0. The summed E-state index contributed by atoms with van der Waals surface area (Å²) < 4.78 is 0. The van der Waals surface area contributed by atoms with Gasteiger partial charge >= 0.3 is 0 Å². The summed E-state index contributed by atoms with van der Waals surface area (Å²) in [4.78, 5) is 22.4. The number of carbonyl (C=O) groups excluding carboxylic acids is 1. The van der Waals surface area contributed by atoms with Crippen molar-refractivity contribution >= 4 is 23.3 Å². The van der Waals surface area contributed by atoms with Crippen LogP contribution in [-0.2, 0) is 0 Å². The summed E-state index contributed by atoms with van der Waals surface area (Å²) in [5, 5.41) is 22.6. The maximum atomic E-state index is 12.3. The zero-order valence-electron chi connectivity index (χ0n) is 11.6. The maximum absolute atomic E-state index is 12.3. The van der Waals surface area contributed by atoms with E-state index in [0.717, 1.165) is 0 Å². The zero-order valence-corrected chi connectivity index (χ0v) is 12.4. The lowest BCUT2D eigenvalue weighted by molar-refractivity contribution is 0.102. The topological polar surface area (TPSA) is 111 Å². The highest BCUT2D eigenvalue weighted by Crippen LogP contribution is 2.37. The Morgan fingerprint density at radius 1 is 1.17 bits per heavy atom. The molecule has 3 aromatic rings. The van der Waals surface area contributed by atoms with Crippen molar-refractivity contribution in [2.75, 3.05) is 5.32 Å². The van der Waals surface area contributed by atoms with Crippen LogP contribution in [0.3, 0.4) is 0 Å². The molecule has 0 unspecified atom stereocenters. The summed E-state index contributed by atoms with van der Waals surface area (Å²) in [6.07, 6.45) is 1.37. The fourth-order valence-corrected chi connectivity index (χ4v) is 2.24. The second-order valence-electron chi connectivity index (χ2n) is 4.60. The maximum Gasteiger partial charge on any atom is 0.266 e. The fourth-order valence-electron chi connectivity index (χ4n) is 2.09. The van der Waals surface area contributed by atoms with E-state index >= 15 is 0 Å². The number of nitrogens with zero attached hydrogens (tertiary/aromatic N) is 2. The highest BCUT2D eigenvalue weighted by molar-refractivity contribution is 6.28. The number of amides is 1. The van der Waals surface area contributed by atoms with Gasteiger partial charge in [0, 0.05) is 11.8 Å². The van der Waals surface area contributed by atoms with E-state index in [1.54, 1.807) is 24.3 Å². The Morgan fingerprint density at radius 3 is 2.61 bits per heavy atom. The van der Waals surface area contributed by atoms with Crippen LogP contribution in [0.2, 0.25) is 5.28 Å². The number of anilines is 1. The molecule has 0 spiro atoms. The van der Waals surface area contributed by atoms with Gasteiger partial charge < -0.3 is 20.5 Å². The predicted molar refractivity (Wildman–Crippen MR) is 84.6 cm³/mol. The van der Waals surface area contributed by atoms with Crippen molar-refractivity contribution in [3.8, 4) is 22.9 Å². The lowest BCUT2D eigenvalue weighted by atomic mass is 10.1. The van der Waals surface area contributed by atoms with Gasteiger partial charge in [-0.2, -0.15) is 0 Å². The second-order valence-corrected chi connectivity index (χ2v) is 4.94. The number of carbonyl (C=O) groups is 1. The third-order valence-corrected chi connectivity index (χ3v) is 3.29. The number of rotatable bonds is 3. The van der Waals surface area contributed by atoms with Crippen LogP contribution in [0.25, 0.3) is 11.3 Å². The van der Waals surface area contributed by atoms with Crippen LogP contribution in [0.4, 0.5) is 5.82 Å². The molecule has 0 saturated carbocycles. The molecular formula is C15H11ClN4O3. The number of aromatic amines is 1. The van der Waals surface area contributed by atoms with Gasteiger partial charge in [-0.05, 0) is 17.7 Å². The average Bonchev–Trinajstić information content (AvgIpc) is 2.83. The van der Waals surface area contributed by atoms with Crippen LogP contribution in [0.15, 0.2) is 42.6 Å². The number of aromatic hydroxyl groups is 2. The van der Waals surface area contributed by atoms with Crippen LogP contribution >= 0.6 is 11.6 Å². The van der Waals surface area contributed by atoms with Gasteiger partial charge in [0.25, 0.3) is 5.91 Å². The molecular weight excluding hydrogens is 320 g/mol. The third kappa shape index (κ3) is 2.95. The van der Waals surface area contributed by atoms with Crippen molar-refractivity contribution in [2.45, 2.75) is 0 Å². The fraction of sp³-hybridized carbons (Fsp3) is 0. The van der Waals surface area contributed by atoms with Crippen molar-refractivity contribution < 1.29 is 15.0 Å². The lowest BCUT2D eigenvalue weighted by Crippen LogP contribution is -2.12. The van der Waals surface area contributed by atoms with Crippen LogP contribution < -0.4 is 5.32 Å². The number of nitrogens with one attached hydrogen (secondary N) is 2. The summed E-state index contributed by atoms with van der Waals surface area (Å²) in [6.45, 7) is 0. The van der Waals surface area contributed by atoms with E-state index in [-0.39, 0.29) is 28.1 Å². The van der Waals surface area contributed by atoms with Crippen molar-refractivity contribution in [3.63, 3.8) is 0 Å². The monoisotopic (exact) mass is 330 g/mol. The number of benzene rings is 1. The Labute approximate surface area is 135 Å². The Kier molecular flexibility index (Phi) is 3.86. The van der Waals surface area contributed by atoms with E-state index in [0.29, 0.717) is 5.56 Å². The second kappa shape index (κ2) is 5.98. The van der Waals surface area contributed by atoms with Crippen molar-refractivity contribution in [2.24, 2.45) is 0 Å². The first-order valence-corrected chi connectivity index (χ1v) is 6.93. The molecule has 2 heterocycles. The SMILES string of the molecule is O=C(Nc1ccnc(Cl)n1)c1c(O)[nH]c(-c2ccccc2)c1O. The van der Waals surface area contributed by atoms with E-state index < -0.39 is 11.8 Å². The molecule has 1 aromatic carbocycles. The Hall–Kier alpha value is -3.06. The van der Waals surface area contributed by atoms with Gasteiger partial charge in [-0.25, -0.2) is 9.97 Å². The molecule has 7 nitrogen and oxygen atoms in total. The minimum atomic E-state index is -0.729. The molecule has 116 valence electrons. The van der Waals surface area contributed by atoms with E-state index in [4.69, 9.17) is 11.6 Å².